The lowest BCUT2D eigenvalue weighted by Crippen LogP contribution is -2.23. The van der Waals surface area contributed by atoms with Crippen molar-refractivity contribution in [2.45, 2.75) is 38.8 Å². The number of fused-ring (bicyclic) bond motifs is 1. The van der Waals surface area contributed by atoms with Crippen LogP contribution >= 0.6 is 22.7 Å². The zero-order chi connectivity index (χ0) is 15.6. The van der Waals surface area contributed by atoms with E-state index < -0.39 is 0 Å². The molecule has 3 aromatic heterocycles. The molecule has 0 aliphatic carbocycles. The molecule has 120 valence electrons. The van der Waals surface area contributed by atoms with Gasteiger partial charge in [0.25, 0.3) is 0 Å². The van der Waals surface area contributed by atoms with Crippen molar-refractivity contribution in [3.63, 3.8) is 0 Å². The summed E-state index contributed by atoms with van der Waals surface area (Å²) in [4.78, 5) is 2.78. The predicted octanol–water partition coefficient (Wildman–Crippen LogP) is 3.97. The predicted molar refractivity (Wildman–Crippen MR) is 98.5 cm³/mol. The number of rotatable bonds is 5. The zero-order valence-electron chi connectivity index (χ0n) is 13.1. The minimum Gasteiger partial charge on any atom is -0.378 e. The second kappa shape index (κ2) is 6.55. The third kappa shape index (κ3) is 3.11. The average Bonchev–Trinajstić information content (AvgIpc) is 3.30. The molecular formula is C17H20N4S2. The van der Waals surface area contributed by atoms with Gasteiger partial charge in [-0.2, -0.15) is 5.10 Å². The summed E-state index contributed by atoms with van der Waals surface area (Å²) in [5, 5.41) is 17.8. The Morgan fingerprint density at radius 1 is 1.43 bits per heavy atom. The van der Waals surface area contributed by atoms with Gasteiger partial charge in [0.2, 0.25) is 0 Å². The third-order valence-electron chi connectivity index (χ3n) is 4.43. The van der Waals surface area contributed by atoms with E-state index in [1.165, 1.54) is 32.9 Å². The summed E-state index contributed by atoms with van der Waals surface area (Å²) >= 11 is 3.65. The molecule has 0 aromatic carbocycles. The monoisotopic (exact) mass is 344 g/mol. The molecule has 0 spiro atoms. The normalized spacial score (nSPS) is 17.9. The van der Waals surface area contributed by atoms with Gasteiger partial charge in [0.1, 0.15) is 5.52 Å². The fraction of sp³-hybridized carbons (Fsp3) is 0.412. The molecule has 1 saturated heterocycles. The quantitative estimate of drug-likeness (QED) is 0.735. The van der Waals surface area contributed by atoms with Crippen LogP contribution in [0.25, 0.3) is 10.2 Å². The molecule has 1 aliphatic rings. The fourth-order valence-electron chi connectivity index (χ4n) is 3.13. The molecule has 1 fully saturated rings. The van der Waals surface area contributed by atoms with E-state index in [0.717, 1.165) is 30.7 Å². The lowest BCUT2D eigenvalue weighted by Gasteiger charge is -2.08. The highest BCUT2D eigenvalue weighted by Gasteiger charge is 2.19. The van der Waals surface area contributed by atoms with Crippen molar-refractivity contribution in [2.24, 2.45) is 0 Å². The van der Waals surface area contributed by atoms with E-state index >= 15 is 0 Å². The Balaban J connectivity index is 1.60. The number of hydrogen-bond acceptors (Lipinski definition) is 6. The van der Waals surface area contributed by atoms with Gasteiger partial charge in [0.15, 0.2) is 0 Å². The summed E-state index contributed by atoms with van der Waals surface area (Å²) in [7, 11) is 0. The molecule has 4 rings (SSSR count). The van der Waals surface area contributed by atoms with Gasteiger partial charge < -0.3 is 10.6 Å². The van der Waals surface area contributed by atoms with Gasteiger partial charge in [0.05, 0.1) is 16.6 Å². The van der Waals surface area contributed by atoms with Crippen LogP contribution in [0.4, 0.5) is 5.69 Å². The van der Waals surface area contributed by atoms with Crippen molar-refractivity contribution in [2.75, 3.05) is 11.9 Å². The number of hydrogen-bond donors (Lipinski definition) is 2. The number of nitrogens with one attached hydrogen (secondary N) is 2. The van der Waals surface area contributed by atoms with E-state index in [0.29, 0.717) is 6.04 Å². The minimum atomic E-state index is 0.622. The average molecular weight is 345 g/mol. The maximum atomic E-state index is 4.38. The van der Waals surface area contributed by atoms with Crippen molar-refractivity contribution >= 4 is 38.6 Å². The molecule has 0 unspecified atom stereocenters. The standard InChI is InChI=1S/C17H20N4S2/c1-11-15(8-12-4-2-6-18-12)23-17-14(10-20-21-16(11)17)19-9-13-5-3-7-22-13/h3,5,7,10,12,18H,2,4,6,8-9H2,1H3,(H,19,21)/t12-/m0/s1. The molecular weight excluding hydrogens is 324 g/mol. The van der Waals surface area contributed by atoms with Crippen LogP contribution in [0.5, 0.6) is 0 Å². The smallest absolute Gasteiger partial charge is 0.109 e. The molecule has 0 saturated carbocycles. The maximum Gasteiger partial charge on any atom is 0.109 e. The molecule has 0 amide bonds. The van der Waals surface area contributed by atoms with Crippen LogP contribution < -0.4 is 10.6 Å². The molecule has 1 atom stereocenters. The van der Waals surface area contributed by atoms with Crippen molar-refractivity contribution in [1.29, 1.82) is 0 Å². The Bertz CT molecular complexity index is 788. The second-order valence-electron chi connectivity index (χ2n) is 6.02. The lowest BCUT2D eigenvalue weighted by atomic mass is 10.1. The first-order chi connectivity index (χ1) is 11.3. The summed E-state index contributed by atoms with van der Waals surface area (Å²) in [6.45, 7) is 4.18. The Morgan fingerprint density at radius 3 is 3.17 bits per heavy atom. The number of aromatic nitrogens is 2. The molecule has 6 heteroatoms. The Hall–Kier alpha value is -1.50. The number of anilines is 1. The summed E-state index contributed by atoms with van der Waals surface area (Å²) in [6.07, 6.45) is 5.53. The Morgan fingerprint density at radius 2 is 2.39 bits per heavy atom. The number of aryl methyl sites for hydroxylation is 1. The highest BCUT2D eigenvalue weighted by atomic mass is 32.1. The van der Waals surface area contributed by atoms with Crippen LogP contribution in [0.3, 0.4) is 0 Å². The lowest BCUT2D eigenvalue weighted by molar-refractivity contribution is 0.606. The molecule has 0 bridgehead atoms. The molecule has 4 nitrogen and oxygen atoms in total. The van der Waals surface area contributed by atoms with Gasteiger partial charge in [-0.3, -0.25) is 0 Å². The van der Waals surface area contributed by atoms with E-state index in [2.05, 4.69) is 45.3 Å². The first kappa shape index (κ1) is 15.1. The van der Waals surface area contributed by atoms with Crippen LogP contribution in [0.1, 0.15) is 28.2 Å². The van der Waals surface area contributed by atoms with Gasteiger partial charge in [-0.1, -0.05) is 6.07 Å². The highest BCUT2D eigenvalue weighted by Crippen LogP contribution is 2.35. The summed E-state index contributed by atoms with van der Waals surface area (Å²) in [5.74, 6) is 0. The van der Waals surface area contributed by atoms with Crippen molar-refractivity contribution in [3.8, 4) is 0 Å². The van der Waals surface area contributed by atoms with Crippen LogP contribution in [0.15, 0.2) is 23.7 Å². The minimum absolute atomic E-state index is 0.622. The maximum absolute atomic E-state index is 4.38. The highest BCUT2D eigenvalue weighted by molar-refractivity contribution is 7.19. The number of nitrogens with zero attached hydrogens (tertiary/aromatic N) is 2. The summed E-state index contributed by atoms with van der Waals surface area (Å²) in [6, 6.07) is 4.86. The molecule has 3 aromatic rings. The Labute approximate surface area is 144 Å². The van der Waals surface area contributed by atoms with E-state index in [1.54, 1.807) is 11.3 Å². The van der Waals surface area contributed by atoms with Gasteiger partial charge in [-0.15, -0.1) is 27.8 Å². The van der Waals surface area contributed by atoms with E-state index in [4.69, 9.17) is 0 Å². The first-order valence-corrected chi connectivity index (χ1v) is 9.74. The van der Waals surface area contributed by atoms with Gasteiger partial charge in [-0.25, -0.2) is 0 Å². The van der Waals surface area contributed by atoms with E-state index in [9.17, 15) is 0 Å². The summed E-state index contributed by atoms with van der Waals surface area (Å²) < 4.78 is 1.24. The SMILES string of the molecule is Cc1c(C[C@@H]2CCCN2)sc2c(NCc3cccs3)cnnc12. The molecule has 2 N–H and O–H groups in total. The second-order valence-corrected chi connectivity index (χ2v) is 8.15. The van der Waals surface area contributed by atoms with Crippen LogP contribution in [-0.4, -0.2) is 22.8 Å². The third-order valence-corrected chi connectivity index (χ3v) is 6.64. The van der Waals surface area contributed by atoms with Crippen molar-refractivity contribution in [1.82, 2.24) is 15.5 Å². The summed E-state index contributed by atoms with van der Waals surface area (Å²) in [5.41, 5.74) is 3.45. The molecule has 4 heterocycles. The van der Waals surface area contributed by atoms with Gasteiger partial charge in [-0.05, 0) is 49.7 Å². The Kier molecular flexibility index (Phi) is 4.29. The molecule has 1 aliphatic heterocycles. The van der Waals surface area contributed by atoms with Gasteiger partial charge in [0, 0.05) is 22.3 Å². The number of thiophene rings is 2. The van der Waals surface area contributed by atoms with Gasteiger partial charge >= 0.3 is 0 Å². The van der Waals surface area contributed by atoms with Crippen LogP contribution in [0, 0.1) is 6.92 Å². The molecule has 23 heavy (non-hydrogen) atoms. The largest absolute Gasteiger partial charge is 0.378 e. The first-order valence-electron chi connectivity index (χ1n) is 8.04. The van der Waals surface area contributed by atoms with Crippen molar-refractivity contribution < 1.29 is 0 Å². The van der Waals surface area contributed by atoms with E-state index in [1.807, 2.05) is 17.5 Å². The fourth-order valence-corrected chi connectivity index (χ4v) is 5.08. The van der Waals surface area contributed by atoms with Crippen molar-refractivity contribution in [3.05, 3.63) is 39.0 Å². The van der Waals surface area contributed by atoms with Crippen LogP contribution in [0.2, 0.25) is 0 Å². The van der Waals surface area contributed by atoms with Crippen LogP contribution in [-0.2, 0) is 13.0 Å². The van der Waals surface area contributed by atoms with E-state index in [-0.39, 0.29) is 0 Å². The zero-order valence-corrected chi connectivity index (χ0v) is 14.8. The molecule has 0 radical (unpaired) electrons. The topological polar surface area (TPSA) is 49.8 Å².